The molecule has 3 aromatic rings. The quantitative estimate of drug-likeness (QED) is 0.722. The minimum Gasteiger partial charge on any atom is -0.244 e. The molecule has 0 saturated carbocycles. The number of benzene rings is 1. The summed E-state index contributed by atoms with van der Waals surface area (Å²) in [5.74, 6) is 0. The molecule has 0 aliphatic rings. The van der Waals surface area contributed by atoms with Crippen LogP contribution in [-0.4, -0.2) is 19.7 Å². The molecule has 0 aliphatic heterocycles. The zero-order chi connectivity index (χ0) is 15.0. The van der Waals surface area contributed by atoms with Gasteiger partial charge in [0.1, 0.15) is 6.33 Å². The van der Waals surface area contributed by atoms with Gasteiger partial charge in [-0.3, -0.25) is 0 Å². The Hall–Kier alpha value is -2.23. The first-order valence-corrected chi connectivity index (χ1v) is 7.19. The van der Waals surface area contributed by atoms with E-state index < -0.39 is 0 Å². The van der Waals surface area contributed by atoms with E-state index in [1.807, 2.05) is 10.9 Å². The molecule has 1 aromatic carbocycles. The monoisotopic (exact) mass is 280 g/mol. The largest absolute Gasteiger partial charge is 0.244 e. The van der Waals surface area contributed by atoms with Crippen molar-refractivity contribution < 1.29 is 0 Å². The van der Waals surface area contributed by atoms with Crippen molar-refractivity contribution in [3.05, 3.63) is 53.6 Å². The highest BCUT2D eigenvalue weighted by Crippen LogP contribution is 2.24. The summed E-state index contributed by atoms with van der Waals surface area (Å²) in [6.45, 7) is 8.52. The first kappa shape index (κ1) is 13.7. The third-order valence-electron chi connectivity index (χ3n) is 3.51. The summed E-state index contributed by atoms with van der Waals surface area (Å²) >= 11 is 0. The number of nitrogens with zero attached hydrogens (tertiary/aromatic N) is 4. The van der Waals surface area contributed by atoms with Crippen molar-refractivity contribution >= 4 is 11.0 Å². The molecular formula is C17H20N4. The van der Waals surface area contributed by atoms with Gasteiger partial charge in [0.2, 0.25) is 0 Å². The van der Waals surface area contributed by atoms with Gasteiger partial charge in [-0.2, -0.15) is 5.10 Å². The lowest BCUT2D eigenvalue weighted by atomic mass is 10.1. The van der Waals surface area contributed by atoms with Gasteiger partial charge in [-0.15, -0.1) is 0 Å². The molecule has 4 nitrogen and oxygen atoms in total. The SMILES string of the molecule is Cc1cccc(Cc2nn(C(C)(C)C)c3ncncc23)c1. The second-order valence-corrected chi connectivity index (χ2v) is 6.46. The molecule has 4 heteroatoms. The number of fused-ring (bicyclic) bond motifs is 1. The van der Waals surface area contributed by atoms with Crippen LogP contribution in [0.1, 0.15) is 37.6 Å². The molecule has 2 heterocycles. The lowest BCUT2D eigenvalue weighted by Crippen LogP contribution is -2.23. The van der Waals surface area contributed by atoms with Gasteiger partial charge >= 0.3 is 0 Å². The summed E-state index contributed by atoms with van der Waals surface area (Å²) in [7, 11) is 0. The van der Waals surface area contributed by atoms with Crippen molar-refractivity contribution in [2.45, 2.75) is 39.7 Å². The van der Waals surface area contributed by atoms with Crippen LogP contribution in [-0.2, 0) is 12.0 Å². The van der Waals surface area contributed by atoms with E-state index in [-0.39, 0.29) is 5.54 Å². The fourth-order valence-corrected chi connectivity index (χ4v) is 2.53. The molecule has 3 rings (SSSR count). The van der Waals surface area contributed by atoms with Gasteiger partial charge in [0.25, 0.3) is 0 Å². The highest BCUT2D eigenvalue weighted by atomic mass is 15.3. The van der Waals surface area contributed by atoms with Crippen LogP contribution in [0.2, 0.25) is 0 Å². The first-order chi connectivity index (χ1) is 9.95. The van der Waals surface area contributed by atoms with Gasteiger partial charge < -0.3 is 0 Å². The molecule has 21 heavy (non-hydrogen) atoms. The number of hydrogen-bond donors (Lipinski definition) is 0. The van der Waals surface area contributed by atoms with Crippen molar-refractivity contribution in [2.24, 2.45) is 0 Å². The highest BCUT2D eigenvalue weighted by Gasteiger charge is 2.21. The maximum atomic E-state index is 4.80. The average Bonchev–Trinajstić information content (AvgIpc) is 2.78. The van der Waals surface area contributed by atoms with E-state index in [9.17, 15) is 0 Å². The molecule has 0 unspecified atom stereocenters. The van der Waals surface area contributed by atoms with Gasteiger partial charge in [0, 0.05) is 12.6 Å². The van der Waals surface area contributed by atoms with Crippen LogP contribution >= 0.6 is 0 Å². The molecule has 0 spiro atoms. The zero-order valence-electron chi connectivity index (χ0n) is 13.0. The molecule has 0 fully saturated rings. The normalized spacial score (nSPS) is 12.0. The summed E-state index contributed by atoms with van der Waals surface area (Å²) in [4.78, 5) is 8.58. The fraction of sp³-hybridized carbons (Fsp3) is 0.353. The lowest BCUT2D eigenvalue weighted by molar-refractivity contribution is 0.363. The zero-order valence-corrected chi connectivity index (χ0v) is 13.0. The number of aryl methyl sites for hydroxylation is 1. The van der Waals surface area contributed by atoms with E-state index in [1.165, 1.54) is 11.1 Å². The standard InChI is InChI=1S/C17H20N4/c1-12-6-5-7-13(8-12)9-15-14-10-18-11-19-16(14)21(20-15)17(2,3)4/h5-8,10-11H,9H2,1-4H3. The smallest absolute Gasteiger partial charge is 0.161 e. The minimum absolute atomic E-state index is 0.0997. The molecule has 0 N–H and O–H groups in total. The lowest BCUT2D eigenvalue weighted by Gasteiger charge is -2.19. The van der Waals surface area contributed by atoms with Gasteiger partial charge in [-0.25, -0.2) is 14.6 Å². The van der Waals surface area contributed by atoms with Crippen molar-refractivity contribution in [2.75, 3.05) is 0 Å². The predicted octanol–water partition coefficient (Wildman–Crippen LogP) is 3.48. The average molecular weight is 280 g/mol. The van der Waals surface area contributed by atoms with Crippen LogP contribution in [0, 0.1) is 6.92 Å². The summed E-state index contributed by atoms with van der Waals surface area (Å²) < 4.78 is 2.00. The van der Waals surface area contributed by atoms with Crippen molar-refractivity contribution in [3.63, 3.8) is 0 Å². The Balaban J connectivity index is 2.11. The summed E-state index contributed by atoms with van der Waals surface area (Å²) in [6, 6.07) is 8.53. The Morgan fingerprint density at radius 2 is 2.00 bits per heavy atom. The van der Waals surface area contributed by atoms with Gasteiger partial charge in [0.05, 0.1) is 16.6 Å². The van der Waals surface area contributed by atoms with Crippen LogP contribution in [0.3, 0.4) is 0 Å². The van der Waals surface area contributed by atoms with Gasteiger partial charge in [-0.1, -0.05) is 29.8 Å². The van der Waals surface area contributed by atoms with E-state index in [0.29, 0.717) is 0 Å². The van der Waals surface area contributed by atoms with Crippen molar-refractivity contribution in [3.8, 4) is 0 Å². The molecule has 0 aliphatic carbocycles. The van der Waals surface area contributed by atoms with Crippen LogP contribution in [0.15, 0.2) is 36.8 Å². The third kappa shape index (κ3) is 2.66. The minimum atomic E-state index is -0.0997. The first-order valence-electron chi connectivity index (χ1n) is 7.19. The third-order valence-corrected chi connectivity index (χ3v) is 3.51. The summed E-state index contributed by atoms with van der Waals surface area (Å²) in [5, 5.41) is 5.84. The predicted molar refractivity (Wildman–Crippen MR) is 84.3 cm³/mol. The molecule has 0 bridgehead atoms. The number of aromatic nitrogens is 4. The second kappa shape index (κ2) is 4.95. The van der Waals surface area contributed by atoms with Gasteiger partial charge in [-0.05, 0) is 33.3 Å². The van der Waals surface area contributed by atoms with Crippen LogP contribution in [0.25, 0.3) is 11.0 Å². The Kier molecular flexibility index (Phi) is 3.24. The number of hydrogen-bond acceptors (Lipinski definition) is 3. The Morgan fingerprint density at radius 3 is 2.71 bits per heavy atom. The van der Waals surface area contributed by atoms with E-state index >= 15 is 0 Å². The fourth-order valence-electron chi connectivity index (χ4n) is 2.53. The number of rotatable bonds is 2. The van der Waals surface area contributed by atoms with Crippen LogP contribution in [0.4, 0.5) is 0 Å². The highest BCUT2D eigenvalue weighted by molar-refractivity contribution is 5.77. The molecule has 0 radical (unpaired) electrons. The van der Waals surface area contributed by atoms with E-state index in [4.69, 9.17) is 5.10 Å². The Morgan fingerprint density at radius 1 is 1.19 bits per heavy atom. The molecule has 108 valence electrons. The molecular weight excluding hydrogens is 260 g/mol. The summed E-state index contributed by atoms with van der Waals surface area (Å²) in [6.07, 6.45) is 4.25. The topological polar surface area (TPSA) is 43.6 Å². The molecule has 0 amide bonds. The van der Waals surface area contributed by atoms with Crippen LogP contribution < -0.4 is 0 Å². The van der Waals surface area contributed by atoms with Gasteiger partial charge in [0.15, 0.2) is 5.65 Å². The van der Waals surface area contributed by atoms with E-state index in [1.54, 1.807) is 6.33 Å². The van der Waals surface area contributed by atoms with Crippen LogP contribution in [0.5, 0.6) is 0 Å². The van der Waals surface area contributed by atoms with Crippen molar-refractivity contribution in [1.82, 2.24) is 19.7 Å². The maximum absolute atomic E-state index is 4.80. The second-order valence-electron chi connectivity index (χ2n) is 6.46. The maximum Gasteiger partial charge on any atom is 0.161 e. The van der Waals surface area contributed by atoms with E-state index in [0.717, 1.165) is 23.1 Å². The molecule has 2 aromatic heterocycles. The van der Waals surface area contributed by atoms with E-state index in [2.05, 4.69) is 61.9 Å². The molecule has 0 atom stereocenters. The molecule has 0 saturated heterocycles. The van der Waals surface area contributed by atoms with Crippen molar-refractivity contribution in [1.29, 1.82) is 0 Å². The Bertz CT molecular complexity index is 781. The summed E-state index contributed by atoms with van der Waals surface area (Å²) in [5.41, 5.74) is 4.37. The Labute approximate surface area is 124 Å².